The van der Waals surface area contributed by atoms with E-state index in [4.69, 9.17) is 21.1 Å². The van der Waals surface area contributed by atoms with Gasteiger partial charge in [0.15, 0.2) is 0 Å². The summed E-state index contributed by atoms with van der Waals surface area (Å²) < 4.78 is 10.3. The molecule has 134 valence electrons. The fourth-order valence-corrected chi connectivity index (χ4v) is 2.77. The quantitative estimate of drug-likeness (QED) is 0.752. The van der Waals surface area contributed by atoms with Crippen molar-refractivity contribution < 1.29 is 14.3 Å². The second-order valence-electron chi connectivity index (χ2n) is 5.71. The van der Waals surface area contributed by atoms with Crippen LogP contribution < -0.4 is 15.4 Å². The van der Waals surface area contributed by atoms with Gasteiger partial charge in [0.25, 0.3) is 0 Å². The van der Waals surface area contributed by atoms with E-state index in [1.54, 1.807) is 32.4 Å². The highest BCUT2D eigenvalue weighted by Crippen LogP contribution is 2.27. The van der Waals surface area contributed by atoms with Gasteiger partial charge in [0.05, 0.1) is 18.7 Å². The minimum atomic E-state index is -0.507. The predicted octanol–water partition coefficient (Wildman–Crippen LogP) is 3.65. The summed E-state index contributed by atoms with van der Waals surface area (Å²) in [4.78, 5) is 12.8. The Kier molecular flexibility index (Phi) is 7.25. The molecule has 2 N–H and O–H groups in total. The Morgan fingerprint density at radius 1 is 1.16 bits per heavy atom. The largest absolute Gasteiger partial charge is 0.495 e. The molecule has 0 aliphatic rings. The van der Waals surface area contributed by atoms with Crippen molar-refractivity contribution in [2.75, 3.05) is 26.1 Å². The van der Waals surface area contributed by atoms with Crippen molar-refractivity contribution >= 4 is 23.2 Å². The van der Waals surface area contributed by atoms with Crippen LogP contribution in [0.25, 0.3) is 0 Å². The molecular weight excluding hydrogens is 340 g/mol. The van der Waals surface area contributed by atoms with Crippen LogP contribution in [0.15, 0.2) is 48.5 Å². The number of hydrogen-bond donors (Lipinski definition) is 2. The second kappa shape index (κ2) is 9.42. The van der Waals surface area contributed by atoms with Crippen LogP contribution in [0.2, 0.25) is 5.02 Å². The molecule has 0 bridgehead atoms. The summed E-state index contributed by atoms with van der Waals surface area (Å²) in [5, 5.41) is 6.64. The Balaban J connectivity index is 2.18. The van der Waals surface area contributed by atoms with Crippen molar-refractivity contribution in [1.82, 2.24) is 5.32 Å². The van der Waals surface area contributed by atoms with Gasteiger partial charge in [-0.15, -0.1) is 0 Å². The molecule has 0 radical (unpaired) electrons. The lowest BCUT2D eigenvalue weighted by Gasteiger charge is -2.23. The number of rotatable bonds is 8. The molecule has 25 heavy (non-hydrogen) atoms. The highest BCUT2D eigenvalue weighted by atomic mass is 35.5. The Hall–Kier alpha value is -2.08. The molecule has 0 saturated carbocycles. The zero-order chi connectivity index (χ0) is 18.2. The number of carbonyl (C=O) groups excluding carboxylic acids is 1. The van der Waals surface area contributed by atoms with Gasteiger partial charge in [0, 0.05) is 18.8 Å². The lowest BCUT2D eigenvalue weighted by Crippen LogP contribution is -2.40. The van der Waals surface area contributed by atoms with Gasteiger partial charge < -0.3 is 14.8 Å². The minimum absolute atomic E-state index is 0.0143. The summed E-state index contributed by atoms with van der Waals surface area (Å²) in [5.41, 5.74) is 1.49. The molecule has 0 heterocycles. The van der Waals surface area contributed by atoms with E-state index in [-0.39, 0.29) is 11.9 Å². The van der Waals surface area contributed by atoms with Crippen LogP contribution in [-0.2, 0) is 9.53 Å². The Bertz CT molecular complexity index is 694. The summed E-state index contributed by atoms with van der Waals surface area (Å²) in [6.07, 6.45) is 0. The SMILES string of the molecule is COCC(C)NC(C(=O)Nc1ccc(OC)c(Cl)c1)c1ccccc1. The molecule has 5 nitrogen and oxygen atoms in total. The Labute approximate surface area is 153 Å². The second-order valence-corrected chi connectivity index (χ2v) is 6.11. The van der Waals surface area contributed by atoms with Crippen molar-refractivity contribution in [3.63, 3.8) is 0 Å². The van der Waals surface area contributed by atoms with E-state index in [9.17, 15) is 4.79 Å². The first-order valence-corrected chi connectivity index (χ1v) is 8.37. The van der Waals surface area contributed by atoms with Gasteiger partial charge in [-0.25, -0.2) is 0 Å². The van der Waals surface area contributed by atoms with E-state index in [0.717, 1.165) is 5.56 Å². The number of methoxy groups -OCH3 is 2. The summed E-state index contributed by atoms with van der Waals surface area (Å²) in [5.74, 6) is 0.390. The molecule has 6 heteroatoms. The van der Waals surface area contributed by atoms with Gasteiger partial charge in [0.2, 0.25) is 5.91 Å². The Morgan fingerprint density at radius 3 is 2.48 bits per heavy atom. The molecule has 0 aromatic heterocycles. The topological polar surface area (TPSA) is 59.6 Å². The molecule has 2 rings (SSSR count). The van der Waals surface area contributed by atoms with E-state index in [2.05, 4.69) is 10.6 Å². The van der Waals surface area contributed by atoms with Gasteiger partial charge >= 0.3 is 0 Å². The van der Waals surface area contributed by atoms with E-state index < -0.39 is 6.04 Å². The number of nitrogens with one attached hydrogen (secondary N) is 2. The summed E-state index contributed by atoms with van der Waals surface area (Å²) in [7, 11) is 3.18. The molecule has 2 aromatic carbocycles. The molecule has 2 aromatic rings. The maximum atomic E-state index is 12.8. The van der Waals surface area contributed by atoms with Gasteiger partial charge in [0.1, 0.15) is 11.8 Å². The fraction of sp³-hybridized carbons (Fsp3) is 0.316. The number of hydrogen-bond acceptors (Lipinski definition) is 4. The molecule has 0 fully saturated rings. The summed E-state index contributed by atoms with van der Waals surface area (Å²) >= 11 is 6.13. The van der Waals surface area contributed by atoms with Gasteiger partial charge in [-0.2, -0.15) is 0 Å². The number of ether oxygens (including phenoxy) is 2. The lowest BCUT2D eigenvalue weighted by molar-refractivity contribution is -0.118. The van der Waals surface area contributed by atoms with Crippen molar-refractivity contribution in [2.24, 2.45) is 0 Å². The van der Waals surface area contributed by atoms with Crippen LogP contribution in [0.3, 0.4) is 0 Å². The number of amides is 1. The van der Waals surface area contributed by atoms with Crippen LogP contribution in [0.4, 0.5) is 5.69 Å². The average molecular weight is 363 g/mol. The molecule has 1 amide bonds. The van der Waals surface area contributed by atoms with E-state index >= 15 is 0 Å². The van der Waals surface area contributed by atoms with Crippen molar-refractivity contribution in [1.29, 1.82) is 0 Å². The first-order valence-electron chi connectivity index (χ1n) is 7.99. The van der Waals surface area contributed by atoms with Crippen molar-refractivity contribution in [2.45, 2.75) is 19.0 Å². The third kappa shape index (κ3) is 5.46. The smallest absolute Gasteiger partial charge is 0.246 e. The standard InChI is InChI=1S/C19H23ClN2O3/c1-13(12-24-2)21-18(14-7-5-4-6-8-14)19(23)22-15-9-10-17(25-3)16(20)11-15/h4-11,13,18,21H,12H2,1-3H3,(H,22,23). The lowest BCUT2D eigenvalue weighted by atomic mass is 10.0. The van der Waals surface area contributed by atoms with Gasteiger partial charge in [-0.05, 0) is 30.7 Å². The molecule has 2 atom stereocenters. The minimum Gasteiger partial charge on any atom is -0.495 e. The Morgan fingerprint density at radius 2 is 1.88 bits per heavy atom. The predicted molar refractivity (Wildman–Crippen MR) is 100 cm³/mol. The maximum Gasteiger partial charge on any atom is 0.246 e. The van der Waals surface area contributed by atoms with Crippen LogP contribution >= 0.6 is 11.6 Å². The summed E-state index contributed by atoms with van der Waals surface area (Å²) in [6.45, 7) is 2.47. The highest BCUT2D eigenvalue weighted by Gasteiger charge is 2.22. The normalized spacial score (nSPS) is 13.1. The molecule has 0 aliphatic carbocycles. The third-order valence-corrected chi connectivity index (χ3v) is 3.98. The molecule has 0 aliphatic heterocycles. The van der Waals surface area contributed by atoms with Crippen LogP contribution in [0.1, 0.15) is 18.5 Å². The zero-order valence-corrected chi connectivity index (χ0v) is 15.3. The molecule has 0 saturated heterocycles. The van der Waals surface area contributed by atoms with Crippen molar-refractivity contribution in [3.8, 4) is 5.75 Å². The number of benzene rings is 2. The highest BCUT2D eigenvalue weighted by molar-refractivity contribution is 6.32. The first-order chi connectivity index (χ1) is 12.0. The van der Waals surface area contributed by atoms with E-state index in [0.29, 0.717) is 23.1 Å². The van der Waals surface area contributed by atoms with E-state index in [1.165, 1.54) is 0 Å². The average Bonchev–Trinajstić information content (AvgIpc) is 2.61. The molecule has 2 unspecified atom stereocenters. The number of carbonyl (C=O) groups is 1. The molecular formula is C19H23ClN2O3. The van der Waals surface area contributed by atoms with Crippen LogP contribution in [-0.4, -0.2) is 32.8 Å². The number of anilines is 1. The zero-order valence-electron chi connectivity index (χ0n) is 14.6. The van der Waals surface area contributed by atoms with Gasteiger partial charge in [-0.3, -0.25) is 10.1 Å². The van der Waals surface area contributed by atoms with Gasteiger partial charge in [-0.1, -0.05) is 41.9 Å². The van der Waals surface area contributed by atoms with Crippen molar-refractivity contribution in [3.05, 3.63) is 59.1 Å². The molecule has 0 spiro atoms. The first kappa shape index (κ1) is 19.2. The van der Waals surface area contributed by atoms with Crippen LogP contribution in [0.5, 0.6) is 5.75 Å². The number of halogens is 1. The fourth-order valence-electron chi connectivity index (χ4n) is 2.51. The van der Waals surface area contributed by atoms with Crippen LogP contribution in [0, 0.1) is 0 Å². The third-order valence-electron chi connectivity index (χ3n) is 3.68. The monoisotopic (exact) mass is 362 g/mol. The van der Waals surface area contributed by atoms with E-state index in [1.807, 2.05) is 37.3 Å². The summed E-state index contributed by atoms with van der Waals surface area (Å²) in [6, 6.07) is 14.2. The maximum absolute atomic E-state index is 12.8.